The summed E-state index contributed by atoms with van der Waals surface area (Å²) in [6, 6.07) is 3.86. The molecule has 5 heteroatoms. The van der Waals surface area contributed by atoms with Crippen molar-refractivity contribution >= 4 is 11.8 Å². The van der Waals surface area contributed by atoms with Crippen molar-refractivity contribution < 1.29 is 9.59 Å². The molecule has 1 fully saturated rings. The molecule has 104 valence electrons. The van der Waals surface area contributed by atoms with Crippen LogP contribution in [0.1, 0.15) is 34.4 Å². The zero-order valence-corrected chi connectivity index (χ0v) is 11.7. The highest BCUT2D eigenvalue weighted by atomic mass is 16.2. The van der Waals surface area contributed by atoms with Gasteiger partial charge < -0.3 is 9.97 Å². The summed E-state index contributed by atoms with van der Waals surface area (Å²) < 4.78 is 0. The summed E-state index contributed by atoms with van der Waals surface area (Å²) >= 11 is 0. The van der Waals surface area contributed by atoms with Crippen LogP contribution in [0, 0.1) is 13.8 Å². The number of aryl methyl sites for hydroxylation is 2. The quantitative estimate of drug-likeness (QED) is 0.818. The van der Waals surface area contributed by atoms with E-state index < -0.39 is 11.8 Å². The first-order chi connectivity index (χ1) is 9.49. The molecule has 2 amide bonds. The summed E-state index contributed by atoms with van der Waals surface area (Å²) in [4.78, 5) is 32.2. The Bertz CT molecular complexity index is 625. The number of H-pyrrole nitrogens is 2. The molecule has 0 spiro atoms. The van der Waals surface area contributed by atoms with Crippen molar-refractivity contribution in [1.29, 1.82) is 0 Å². The first-order valence-corrected chi connectivity index (χ1v) is 6.60. The van der Waals surface area contributed by atoms with Crippen molar-refractivity contribution in [3.05, 3.63) is 47.0 Å². The topological polar surface area (TPSA) is 69.0 Å². The number of aromatic nitrogens is 2. The minimum absolute atomic E-state index is 0.141. The molecule has 1 saturated heterocycles. The molecule has 20 heavy (non-hydrogen) atoms. The number of nitrogens with zero attached hydrogens (tertiary/aromatic N) is 1. The van der Waals surface area contributed by atoms with Crippen LogP contribution in [0.4, 0.5) is 0 Å². The Morgan fingerprint density at radius 1 is 0.900 bits per heavy atom. The van der Waals surface area contributed by atoms with Gasteiger partial charge in [0.1, 0.15) is 0 Å². The number of likely N-dealkylation sites (N-methyl/N-ethyl adjacent to an activating group) is 1. The predicted octanol–water partition coefficient (Wildman–Crippen LogP) is 1.83. The molecule has 2 aromatic heterocycles. The third-order valence-electron chi connectivity index (χ3n) is 3.94. The summed E-state index contributed by atoms with van der Waals surface area (Å²) in [6.07, 6.45) is 3.63. The fourth-order valence-corrected chi connectivity index (χ4v) is 2.90. The molecular formula is C15H17N3O2. The number of carbonyl (C=O) groups is 2. The van der Waals surface area contributed by atoms with Crippen LogP contribution in [-0.2, 0) is 9.59 Å². The van der Waals surface area contributed by atoms with E-state index in [1.54, 1.807) is 7.05 Å². The number of carbonyl (C=O) groups excluding carboxylic acids is 2. The van der Waals surface area contributed by atoms with Crippen LogP contribution in [0.2, 0.25) is 0 Å². The van der Waals surface area contributed by atoms with E-state index in [4.69, 9.17) is 0 Å². The van der Waals surface area contributed by atoms with E-state index in [0.717, 1.165) is 22.5 Å². The van der Waals surface area contributed by atoms with Crippen molar-refractivity contribution in [3.8, 4) is 0 Å². The van der Waals surface area contributed by atoms with Crippen LogP contribution in [0.15, 0.2) is 24.5 Å². The van der Waals surface area contributed by atoms with Crippen molar-refractivity contribution in [2.24, 2.45) is 0 Å². The smallest absolute Gasteiger partial charge is 0.237 e. The second kappa shape index (κ2) is 4.37. The monoisotopic (exact) mass is 271 g/mol. The average Bonchev–Trinajstić information content (AvgIpc) is 3.06. The zero-order valence-electron chi connectivity index (χ0n) is 11.7. The maximum atomic E-state index is 12.4. The van der Waals surface area contributed by atoms with Gasteiger partial charge in [0, 0.05) is 30.8 Å². The first-order valence-electron chi connectivity index (χ1n) is 6.60. The normalized spacial score (nSPS) is 22.9. The van der Waals surface area contributed by atoms with E-state index in [1.807, 2.05) is 38.4 Å². The van der Waals surface area contributed by atoms with Crippen LogP contribution in [-0.4, -0.2) is 33.7 Å². The lowest BCUT2D eigenvalue weighted by Gasteiger charge is -2.12. The largest absolute Gasteiger partial charge is 0.365 e. The van der Waals surface area contributed by atoms with Crippen LogP contribution in [0.3, 0.4) is 0 Å². The number of aromatic amines is 2. The van der Waals surface area contributed by atoms with Gasteiger partial charge >= 0.3 is 0 Å². The Hall–Kier alpha value is -2.30. The molecule has 0 aliphatic carbocycles. The van der Waals surface area contributed by atoms with Crippen LogP contribution >= 0.6 is 0 Å². The molecule has 2 unspecified atom stereocenters. The minimum atomic E-state index is -0.437. The van der Waals surface area contributed by atoms with Crippen molar-refractivity contribution in [1.82, 2.24) is 14.9 Å². The fraction of sp³-hybridized carbons (Fsp3) is 0.333. The predicted molar refractivity (Wildman–Crippen MR) is 74.3 cm³/mol. The van der Waals surface area contributed by atoms with Gasteiger partial charge in [-0.15, -0.1) is 0 Å². The second-order valence-electron chi connectivity index (χ2n) is 5.42. The maximum absolute atomic E-state index is 12.4. The molecule has 2 N–H and O–H groups in total. The molecular weight excluding hydrogens is 254 g/mol. The Kier molecular flexibility index (Phi) is 2.78. The van der Waals surface area contributed by atoms with Crippen molar-refractivity contribution in [2.45, 2.75) is 25.7 Å². The second-order valence-corrected chi connectivity index (χ2v) is 5.42. The molecule has 0 saturated carbocycles. The third-order valence-corrected chi connectivity index (χ3v) is 3.94. The number of nitrogens with one attached hydrogen (secondary N) is 2. The van der Waals surface area contributed by atoms with Gasteiger partial charge in [0.25, 0.3) is 0 Å². The van der Waals surface area contributed by atoms with E-state index in [9.17, 15) is 9.59 Å². The fourth-order valence-electron chi connectivity index (χ4n) is 2.90. The van der Waals surface area contributed by atoms with E-state index in [2.05, 4.69) is 9.97 Å². The van der Waals surface area contributed by atoms with Crippen molar-refractivity contribution in [3.63, 3.8) is 0 Å². The molecule has 0 bridgehead atoms. The lowest BCUT2D eigenvalue weighted by molar-refractivity contribution is -0.137. The Balaban J connectivity index is 2.09. The lowest BCUT2D eigenvalue weighted by atomic mass is 9.85. The molecule has 3 heterocycles. The summed E-state index contributed by atoms with van der Waals surface area (Å²) in [5, 5.41) is 0. The molecule has 1 aliphatic heterocycles. The summed E-state index contributed by atoms with van der Waals surface area (Å²) in [5.41, 5.74) is 3.71. The number of hydrogen-bond acceptors (Lipinski definition) is 2. The Labute approximate surface area is 117 Å². The van der Waals surface area contributed by atoms with Gasteiger partial charge in [0.05, 0.1) is 11.8 Å². The minimum Gasteiger partial charge on any atom is -0.365 e. The van der Waals surface area contributed by atoms with Gasteiger partial charge in [-0.2, -0.15) is 0 Å². The standard InChI is InChI=1S/C15H17N3O2/c1-8-4-10(6-16-8)12-13(11-5-9(2)17-7-11)15(20)18(3)14(12)19/h4-7,12-13,16-17H,1-3H3. The van der Waals surface area contributed by atoms with E-state index >= 15 is 0 Å². The van der Waals surface area contributed by atoms with Crippen molar-refractivity contribution in [2.75, 3.05) is 7.05 Å². The first kappa shape index (κ1) is 12.7. The van der Waals surface area contributed by atoms with Gasteiger partial charge in [-0.05, 0) is 37.1 Å². The van der Waals surface area contributed by atoms with Crippen LogP contribution in [0.25, 0.3) is 0 Å². The highest BCUT2D eigenvalue weighted by molar-refractivity contribution is 6.10. The third kappa shape index (κ3) is 1.78. The molecule has 3 rings (SSSR count). The summed E-state index contributed by atoms with van der Waals surface area (Å²) in [6.45, 7) is 3.87. The average molecular weight is 271 g/mol. The van der Waals surface area contributed by atoms with E-state index in [1.165, 1.54) is 4.90 Å². The van der Waals surface area contributed by atoms with E-state index in [-0.39, 0.29) is 11.8 Å². The molecule has 0 radical (unpaired) electrons. The van der Waals surface area contributed by atoms with Gasteiger partial charge in [-0.25, -0.2) is 0 Å². The highest BCUT2D eigenvalue weighted by Crippen LogP contribution is 2.41. The number of likely N-dealkylation sites (tertiary alicyclic amines) is 1. The highest BCUT2D eigenvalue weighted by Gasteiger charge is 2.47. The number of hydrogen-bond donors (Lipinski definition) is 2. The lowest BCUT2D eigenvalue weighted by Crippen LogP contribution is -2.25. The summed E-state index contributed by atoms with van der Waals surface area (Å²) in [5.74, 6) is -1.16. The van der Waals surface area contributed by atoms with Gasteiger partial charge in [-0.1, -0.05) is 0 Å². The summed E-state index contributed by atoms with van der Waals surface area (Å²) in [7, 11) is 1.55. The number of imide groups is 1. The van der Waals surface area contributed by atoms with Crippen LogP contribution in [0.5, 0.6) is 0 Å². The zero-order chi connectivity index (χ0) is 14.4. The maximum Gasteiger partial charge on any atom is 0.237 e. The van der Waals surface area contributed by atoms with Gasteiger partial charge in [-0.3, -0.25) is 14.5 Å². The van der Waals surface area contributed by atoms with E-state index in [0.29, 0.717) is 0 Å². The SMILES string of the molecule is Cc1cc(C2C(=O)N(C)C(=O)C2c2c[nH]c(C)c2)c[nH]1. The number of amides is 2. The molecule has 1 aliphatic rings. The Morgan fingerprint density at radius 3 is 1.60 bits per heavy atom. The Morgan fingerprint density at radius 2 is 1.30 bits per heavy atom. The van der Waals surface area contributed by atoms with Gasteiger partial charge in [0.15, 0.2) is 0 Å². The molecule has 5 nitrogen and oxygen atoms in total. The van der Waals surface area contributed by atoms with Gasteiger partial charge in [0.2, 0.25) is 11.8 Å². The molecule has 2 aromatic rings. The molecule has 2 atom stereocenters. The molecule has 0 aromatic carbocycles. The number of rotatable bonds is 2. The van der Waals surface area contributed by atoms with Crippen LogP contribution < -0.4 is 0 Å².